The van der Waals surface area contributed by atoms with Gasteiger partial charge in [0, 0.05) is 32.0 Å². The highest BCUT2D eigenvalue weighted by Crippen LogP contribution is 2.55. The third kappa shape index (κ3) is 4.48. The highest BCUT2D eigenvalue weighted by Gasteiger charge is 2.72. The van der Waals surface area contributed by atoms with Crippen LogP contribution in [0.1, 0.15) is 45.1 Å². The molecule has 8 heteroatoms. The van der Waals surface area contributed by atoms with Crippen LogP contribution in [-0.2, 0) is 23.9 Å². The Labute approximate surface area is 219 Å². The topological polar surface area (TPSA) is 97.0 Å². The van der Waals surface area contributed by atoms with Crippen molar-refractivity contribution in [3.63, 3.8) is 0 Å². The Bertz CT molecular complexity index is 1090. The van der Waals surface area contributed by atoms with Gasteiger partial charge in [-0.05, 0) is 49.3 Å². The minimum absolute atomic E-state index is 0.0608. The van der Waals surface area contributed by atoms with E-state index in [-0.39, 0.29) is 23.8 Å². The van der Waals surface area contributed by atoms with E-state index in [4.69, 9.17) is 9.47 Å². The lowest BCUT2D eigenvalue weighted by Crippen LogP contribution is -2.58. The predicted molar refractivity (Wildman–Crippen MR) is 140 cm³/mol. The lowest BCUT2D eigenvalue weighted by Gasteiger charge is -2.38. The zero-order valence-corrected chi connectivity index (χ0v) is 22.2. The highest BCUT2D eigenvalue weighted by molar-refractivity contribution is 6.02. The van der Waals surface area contributed by atoms with Crippen LogP contribution in [0.5, 0.6) is 0 Å². The van der Waals surface area contributed by atoms with Crippen LogP contribution in [0.25, 0.3) is 0 Å². The Morgan fingerprint density at radius 2 is 2.03 bits per heavy atom. The van der Waals surface area contributed by atoms with Gasteiger partial charge in [-0.25, -0.2) is 0 Å². The number of likely N-dealkylation sites (tertiary alicyclic amines) is 1. The van der Waals surface area contributed by atoms with Gasteiger partial charge >= 0.3 is 0 Å². The van der Waals surface area contributed by atoms with Crippen LogP contribution in [0.2, 0.25) is 0 Å². The van der Waals surface area contributed by atoms with Crippen molar-refractivity contribution in [3.8, 4) is 0 Å². The van der Waals surface area contributed by atoms with Crippen LogP contribution < -0.4 is 10.6 Å². The van der Waals surface area contributed by atoms with Crippen molar-refractivity contribution in [2.75, 3.05) is 25.6 Å². The molecule has 3 heterocycles. The molecule has 3 fully saturated rings. The molecule has 6 unspecified atom stereocenters. The van der Waals surface area contributed by atoms with Crippen molar-refractivity contribution in [3.05, 3.63) is 42.0 Å². The average Bonchev–Trinajstić information content (AvgIpc) is 3.50. The molecular weight excluding hydrogens is 470 g/mol. The third-order valence-electron chi connectivity index (χ3n) is 8.99. The Morgan fingerprint density at radius 1 is 1.22 bits per heavy atom. The van der Waals surface area contributed by atoms with E-state index in [1.165, 1.54) is 0 Å². The van der Waals surface area contributed by atoms with E-state index in [0.717, 1.165) is 24.8 Å². The second-order valence-electron chi connectivity index (χ2n) is 11.3. The molecule has 200 valence electrons. The Morgan fingerprint density at radius 3 is 2.78 bits per heavy atom. The predicted octanol–water partition coefficient (Wildman–Crippen LogP) is 3.06. The van der Waals surface area contributed by atoms with Gasteiger partial charge in [0.15, 0.2) is 0 Å². The Balaban J connectivity index is 1.42. The number of ether oxygens (including phenoxy) is 2. The fraction of sp³-hybridized carbons (Fsp3) is 0.621. The quantitative estimate of drug-likeness (QED) is 0.415. The number of nitrogens with one attached hydrogen (secondary N) is 2. The molecule has 3 amide bonds. The molecule has 0 radical (unpaired) electrons. The number of aryl methyl sites for hydroxylation is 1. The fourth-order valence-electron chi connectivity index (χ4n) is 6.88. The number of hydrogen-bond acceptors (Lipinski definition) is 5. The van der Waals surface area contributed by atoms with E-state index in [0.29, 0.717) is 37.1 Å². The first-order valence-corrected chi connectivity index (χ1v) is 13.6. The highest BCUT2D eigenvalue weighted by atomic mass is 16.5. The summed E-state index contributed by atoms with van der Waals surface area (Å²) in [7, 11) is 1.62. The van der Waals surface area contributed by atoms with E-state index in [2.05, 4.69) is 24.5 Å². The lowest BCUT2D eigenvalue weighted by atomic mass is 9.73. The van der Waals surface area contributed by atoms with Crippen molar-refractivity contribution < 1.29 is 23.9 Å². The molecule has 8 atom stereocenters. The molecule has 3 aliphatic heterocycles. The van der Waals surface area contributed by atoms with E-state index < -0.39 is 29.6 Å². The number of amides is 3. The van der Waals surface area contributed by atoms with Gasteiger partial charge in [-0.15, -0.1) is 0 Å². The van der Waals surface area contributed by atoms with Gasteiger partial charge in [0.1, 0.15) is 11.6 Å². The molecule has 0 aromatic heterocycles. The molecule has 2 bridgehead atoms. The number of carbonyl (C=O) groups is 3. The van der Waals surface area contributed by atoms with Crippen molar-refractivity contribution in [1.29, 1.82) is 0 Å². The summed E-state index contributed by atoms with van der Waals surface area (Å²) in [6.07, 6.45) is 6.95. The summed E-state index contributed by atoms with van der Waals surface area (Å²) in [6, 6.07) is 6.82. The maximum atomic E-state index is 13.9. The smallest absolute Gasteiger partial charge is 0.246 e. The van der Waals surface area contributed by atoms with Crippen molar-refractivity contribution >= 4 is 23.4 Å². The van der Waals surface area contributed by atoms with Crippen LogP contribution >= 0.6 is 0 Å². The molecule has 5 rings (SSSR count). The number of fused-ring (bicyclic) bond motifs is 1. The summed E-state index contributed by atoms with van der Waals surface area (Å²) in [5.74, 6) is -1.20. The van der Waals surface area contributed by atoms with Crippen LogP contribution in [-0.4, -0.2) is 66.7 Å². The fourth-order valence-corrected chi connectivity index (χ4v) is 6.88. The molecule has 1 aromatic carbocycles. The molecule has 1 spiro atoms. The number of benzene rings is 1. The first-order valence-electron chi connectivity index (χ1n) is 13.6. The van der Waals surface area contributed by atoms with Crippen molar-refractivity contribution in [1.82, 2.24) is 10.2 Å². The second-order valence-corrected chi connectivity index (χ2v) is 11.3. The first-order chi connectivity index (χ1) is 17.8. The summed E-state index contributed by atoms with van der Waals surface area (Å²) in [5.41, 5.74) is 0.572. The van der Waals surface area contributed by atoms with Gasteiger partial charge in [0.05, 0.1) is 17.9 Å². The number of carbonyl (C=O) groups excluding carboxylic acids is 3. The summed E-state index contributed by atoms with van der Waals surface area (Å²) < 4.78 is 11.7. The molecule has 4 aliphatic rings. The number of hydrogen-bond donors (Lipinski definition) is 2. The Hall–Kier alpha value is -2.71. The van der Waals surface area contributed by atoms with Gasteiger partial charge < -0.3 is 25.0 Å². The standard InChI is InChI=1S/C29H39N3O5/c1-17-8-5-10-20(16-17)30-26(33)23-22-12-13-29(37-22)24(23)28(35)32(14-7-15-36-4)25(29)27(34)31-21-11-6-9-18(2)19(21)3/h5,8,10,12-13,16,18-19,21-25H,6-7,9,11,14-15H2,1-4H3,(H,30,33)(H,31,34)/t18?,19?,21?,22-,23?,24-,25?,29?/m1/s1. The van der Waals surface area contributed by atoms with Gasteiger partial charge in [-0.1, -0.05) is 51.0 Å². The molecule has 1 aliphatic carbocycles. The Kier molecular flexibility index (Phi) is 7.16. The third-order valence-corrected chi connectivity index (χ3v) is 8.99. The zero-order valence-electron chi connectivity index (χ0n) is 22.2. The molecule has 1 aromatic rings. The minimum atomic E-state index is -1.14. The number of nitrogens with zero attached hydrogens (tertiary/aromatic N) is 1. The van der Waals surface area contributed by atoms with E-state index in [1.54, 1.807) is 12.0 Å². The number of rotatable bonds is 8. The maximum Gasteiger partial charge on any atom is 0.246 e. The van der Waals surface area contributed by atoms with Crippen LogP contribution in [0.4, 0.5) is 5.69 Å². The summed E-state index contributed by atoms with van der Waals surface area (Å²) in [4.78, 5) is 43.0. The minimum Gasteiger partial charge on any atom is -0.385 e. The monoisotopic (exact) mass is 509 g/mol. The van der Waals surface area contributed by atoms with E-state index in [9.17, 15) is 14.4 Å². The van der Waals surface area contributed by atoms with Gasteiger partial charge in [-0.3, -0.25) is 14.4 Å². The summed E-state index contributed by atoms with van der Waals surface area (Å²) in [5, 5.41) is 6.27. The largest absolute Gasteiger partial charge is 0.385 e. The maximum absolute atomic E-state index is 13.9. The van der Waals surface area contributed by atoms with Gasteiger partial charge in [0.2, 0.25) is 17.7 Å². The molecule has 2 saturated heterocycles. The van der Waals surface area contributed by atoms with E-state index in [1.807, 2.05) is 43.3 Å². The molecular formula is C29H39N3O5. The number of anilines is 1. The zero-order chi connectivity index (χ0) is 26.3. The SMILES string of the molecule is COCCCN1C(=O)[C@H]2C(C(=O)Nc3cccc(C)c3)[C@H]3C=CC2(O3)C1C(=O)NC1CCCC(C)C1C. The summed E-state index contributed by atoms with van der Waals surface area (Å²) >= 11 is 0. The van der Waals surface area contributed by atoms with Crippen LogP contribution in [0.3, 0.4) is 0 Å². The van der Waals surface area contributed by atoms with E-state index >= 15 is 0 Å². The molecule has 37 heavy (non-hydrogen) atoms. The second kappa shape index (κ2) is 10.2. The molecule has 8 nitrogen and oxygen atoms in total. The average molecular weight is 510 g/mol. The van der Waals surface area contributed by atoms with Crippen LogP contribution in [0.15, 0.2) is 36.4 Å². The van der Waals surface area contributed by atoms with Crippen molar-refractivity contribution in [2.24, 2.45) is 23.7 Å². The number of methoxy groups -OCH3 is 1. The summed E-state index contributed by atoms with van der Waals surface area (Å²) in [6.45, 7) is 7.23. The van der Waals surface area contributed by atoms with Gasteiger partial charge in [0.25, 0.3) is 0 Å². The van der Waals surface area contributed by atoms with Crippen LogP contribution in [0, 0.1) is 30.6 Å². The molecule has 1 saturated carbocycles. The van der Waals surface area contributed by atoms with Gasteiger partial charge in [-0.2, -0.15) is 0 Å². The van der Waals surface area contributed by atoms with Crippen molar-refractivity contribution in [2.45, 2.75) is 70.2 Å². The lowest BCUT2D eigenvalue weighted by molar-refractivity contribution is -0.141. The first kappa shape index (κ1) is 25.9. The molecule has 2 N–H and O–H groups in total. The normalized spacial score (nSPS) is 36.1.